The molecule has 0 radical (unpaired) electrons. The summed E-state index contributed by atoms with van der Waals surface area (Å²) in [6.45, 7) is 15.8. The first-order valence-electron chi connectivity index (χ1n) is 14.7. The molecule has 0 unspecified atom stereocenters. The number of aliphatic hydroxyl groups is 1. The summed E-state index contributed by atoms with van der Waals surface area (Å²) in [5, 5.41) is 10.9. The average molecular weight is 620 g/mol. The Morgan fingerprint density at radius 2 is 1.43 bits per heavy atom. The molecule has 2 amide bonds. The van der Waals surface area contributed by atoms with Gasteiger partial charge in [-0.05, 0) is 67.9 Å². The van der Waals surface area contributed by atoms with Gasteiger partial charge in [-0.25, -0.2) is 9.69 Å². The predicted octanol–water partition coefficient (Wildman–Crippen LogP) is 3.93. The fourth-order valence-electron chi connectivity index (χ4n) is 4.40. The van der Waals surface area contributed by atoms with Gasteiger partial charge in [-0.3, -0.25) is 19.2 Å². The molecule has 0 bridgehead atoms. The van der Waals surface area contributed by atoms with Gasteiger partial charge in [0.2, 0.25) is 5.91 Å². The Morgan fingerprint density at radius 3 is 1.95 bits per heavy atom. The number of esters is 3. The van der Waals surface area contributed by atoms with Gasteiger partial charge >= 0.3 is 24.0 Å². The van der Waals surface area contributed by atoms with E-state index in [0.29, 0.717) is 5.56 Å². The Labute approximate surface area is 258 Å². The number of benzene rings is 1. The summed E-state index contributed by atoms with van der Waals surface area (Å²) in [6, 6.07) is 8.48. The molecule has 0 aromatic heterocycles. The second-order valence-corrected chi connectivity index (χ2v) is 14.4. The fourth-order valence-corrected chi connectivity index (χ4v) is 4.40. The Kier molecular flexibility index (Phi) is 10.2. The standard InChI is InChI=1S/C32H45NO11/c1-17(20(34)18-14-12-11-13-15-18)24(35)33-25-23(44-29(33)39)22(43-28(38)32(8,9)10)21(42-25)19(41-27(37)31(5,6)7)16-40-26(36)30(2,3)4/h11-15,17,19-23,25,34H,16H2,1-10H3/t17-,19+,20-,21+,22-,23+,25-/m0/s1. The molecule has 1 aromatic rings. The van der Waals surface area contributed by atoms with Crippen LogP contribution in [0, 0.1) is 22.2 Å². The first-order chi connectivity index (χ1) is 20.1. The highest BCUT2D eigenvalue weighted by molar-refractivity contribution is 5.95. The summed E-state index contributed by atoms with van der Waals surface area (Å²) >= 11 is 0. The van der Waals surface area contributed by atoms with Gasteiger partial charge in [0.15, 0.2) is 24.5 Å². The van der Waals surface area contributed by atoms with Crippen LogP contribution in [0.15, 0.2) is 30.3 Å². The van der Waals surface area contributed by atoms with Gasteiger partial charge < -0.3 is 28.8 Å². The van der Waals surface area contributed by atoms with Crippen LogP contribution in [0.25, 0.3) is 0 Å². The number of hydrogen-bond acceptors (Lipinski definition) is 11. The zero-order valence-electron chi connectivity index (χ0n) is 27.1. The molecule has 0 saturated carbocycles. The van der Waals surface area contributed by atoms with Crippen molar-refractivity contribution in [2.24, 2.45) is 22.2 Å². The van der Waals surface area contributed by atoms with E-state index in [0.717, 1.165) is 4.90 Å². The summed E-state index contributed by atoms with van der Waals surface area (Å²) in [4.78, 5) is 66.2. The van der Waals surface area contributed by atoms with Crippen LogP contribution in [-0.4, -0.2) is 77.2 Å². The molecule has 12 nitrogen and oxygen atoms in total. The van der Waals surface area contributed by atoms with Crippen LogP contribution in [0.4, 0.5) is 4.79 Å². The maximum Gasteiger partial charge on any atom is 0.419 e. The minimum Gasteiger partial charge on any atom is -0.461 e. The van der Waals surface area contributed by atoms with Crippen LogP contribution in [0.3, 0.4) is 0 Å². The van der Waals surface area contributed by atoms with Crippen LogP contribution in [0.2, 0.25) is 0 Å². The number of ether oxygens (including phenoxy) is 5. The van der Waals surface area contributed by atoms with Crippen LogP contribution in [0.5, 0.6) is 0 Å². The maximum atomic E-state index is 13.6. The summed E-state index contributed by atoms with van der Waals surface area (Å²) < 4.78 is 28.8. The van der Waals surface area contributed by atoms with Crippen molar-refractivity contribution in [2.45, 2.75) is 106 Å². The largest absolute Gasteiger partial charge is 0.461 e. The van der Waals surface area contributed by atoms with Crippen molar-refractivity contribution in [1.82, 2.24) is 4.90 Å². The van der Waals surface area contributed by atoms with Gasteiger partial charge in [0.1, 0.15) is 12.7 Å². The van der Waals surface area contributed by atoms with Gasteiger partial charge in [0.05, 0.1) is 28.3 Å². The lowest BCUT2D eigenvalue weighted by molar-refractivity contribution is -0.191. The van der Waals surface area contributed by atoms with Crippen molar-refractivity contribution in [3.05, 3.63) is 35.9 Å². The predicted molar refractivity (Wildman–Crippen MR) is 155 cm³/mol. The monoisotopic (exact) mass is 619 g/mol. The molecule has 2 saturated heterocycles. The van der Waals surface area contributed by atoms with Crippen LogP contribution in [0.1, 0.15) is 80.9 Å². The summed E-state index contributed by atoms with van der Waals surface area (Å²) in [7, 11) is 0. The number of aliphatic hydroxyl groups excluding tert-OH is 1. The lowest BCUT2D eigenvalue weighted by atomic mass is 9.95. The zero-order chi connectivity index (χ0) is 33.4. The number of imide groups is 1. The molecular formula is C32H45NO11. The third kappa shape index (κ3) is 7.76. The fraction of sp³-hybridized carbons (Fsp3) is 0.656. The smallest absolute Gasteiger partial charge is 0.419 e. The molecule has 2 aliphatic heterocycles. The molecule has 2 aliphatic rings. The first-order valence-corrected chi connectivity index (χ1v) is 14.7. The quantitative estimate of drug-likeness (QED) is 0.332. The SMILES string of the molecule is C[C@H](C(=O)N1C(=O)O[C@@H]2[C@@H](OC(=O)C(C)(C)C)[C@@H]([C@@H](COC(=O)C(C)(C)C)OC(=O)C(C)(C)C)O[C@@H]21)[C@H](O)c1ccccc1. The molecule has 0 aliphatic carbocycles. The minimum atomic E-state index is -1.39. The van der Waals surface area contributed by atoms with E-state index in [1.54, 1.807) is 92.6 Å². The molecule has 12 heteroatoms. The molecule has 1 aromatic carbocycles. The van der Waals surface area contributed by atoms with Gasteiger partial charge in [-0.15, -0.1) is 0 Å². The minimum absolute atomic E-state index is 0.462. The molecule has 2 heterocycles. The third-order valence-electron chi connectivity index (χ3n) is 7.24. The van der Waals surface area contributed by atoms with Gasteiger partial charge in [0, 0.05) is 0 Å². The third-order valence-corrected chi connectivity index (χ3v) is 7.24. The van der Waals surface area contributed by atoms with Gasteiger partial charge in [-0.2, -0.15) is 0 Å². The number of hydrogen-bond donors (Lipinski definition) is 1. The van der Waals surface area contributed by atoms with Crippen LogP contribution < -0.4 is 0 Å². The second-order valence-electron chi connectivity index (χ2n) is 14.4. The van der Waals surface area contributed by atoms with Crippen molar-refractivity contribution in [1.29, 1.82) is 0 Å². The van der Waals surface area contributed by atoms with E-state index < -0.39 is 95.4 Å². The number of nitrogens with zero attached hydrogens (tertiary/aromatic N) is 1. The molecule has 1 N–H and O–H groups in total. The van der Waals surface area contributed by atoms with Gasteiger partial charge in [-0.1, -0.05) is 37.3 Å². The number of rotatable bonds is 8. The van der Waals surface area contributed by atoms with E-state index >= 15 is 0 Å². The second kappa shape index (κ2) is 12.8. The van der Waals surface area contributed by atoms with Crippen molar-refractivity contribution in [3.63, 3.8) is 0 Å². The van der Waals surface area contributed by atoms with Crippen LogP contribution >= 0.6 is 0 Å². The molecule has 44 heavy (non-hydrogen) atoms. The van der Waals surface area contributed by atoms with Crippen LogP contribution in [-0.2, 0) is 42.9 Å². The summed E-state index contributed by atoms with van der Waals surface area (Å²) in [6.07, 6.45) is -8.92. The highest BCUT2D eigenvalue weighted by Gasteiger charge is 2.62. The van der Waals surface area contributed by atoms with E-state index in [-0.39, 0.29) is 0 Å². The molecule has 2 fully saturated rings. The number of carbonyl (C=O) groups is 5. The van der Waals surface area contributed by atoms with Crippen molar-refractivity contribution >= 4 is 29.9 Å². The highest BCUT2D eigenvalue weighted by Crippen LogP contribution is 2.40. The zero-order valence-corrected chi connectivity index (χ0v) is 27.1. The molecule has 3 rings (SSSR count). The van der Waals surface area contributed by atoms with E-state index in [1.807, 2.05) is 0 Å². The molecule has 0 spiro atoms. The van der Waals surface area contributed by atoms with E-state index in [9.17, 15) is 29.1 Å². The highest BCUT2D eigenvalue weighted by atomic mass is 16.7. The maximum absolute atomic E-state index is 13.6. The van der Waals surface area contributed by atoms with E-state index in [1.165, 1.54) is 6.92 Å². The van der Waals surface area contributed by atoms with E-state index in [2.05, 4.69) is 0 Å². The number of amides is 2. The van der Waals surface area contributed by atoms with Crippen molar-refractivity contribution < 1.29 is 52.8 Å². The summed E-state index contributed by atoms with van der Waals surface area (Å²) in [5.41, 5.74) is -2.35. The normalized spacial score (nSPS) is 24.1. The lowest BCUT2D eigenvalue weighted by Gasteiger charge is -2.32. The Bertz CT molecular complexity index is 1240. The first kappa shape index (κ1) is 35.0. The number of carbonyl (C=O) groups excluding carboxylic acids is 5. The molecular weight excluding hydrogens is 574 g/mol. The summed E-state index contributed by atoms with van der Waals surface area (Å²) in [5.74, 6) is -3.78. The van der Waals surface area contributed by atoms with Gasteiger partial charge in [0.25, 0.3) is 0 Å². The lowest BCUT2D eigenvalue weighted by Crippen LogP contribution is -2.49. The Morgan fingerprint density at radius 1 is 0.886 bits per heavy atom. The topological polar surface area (TPSA) is 155 Å². The van der Waals surface area contributed by atoms with E-state index in [4.69, 9.17) is 23.7 Å². The Balaban J connectivity index is 1.99. The molecule has 7 atom stereocenters. The Hall–Kier alpha value is -3.51. The van der Waals surface area contributed by atoms with Crippen molar-refractivity contribution in [3.8, 4) is 0 Å². The molecule has 244 valence electrons. The number of fused-ring (bicyclic) bond motifs is 1. The average Bonchev–Trinajstić information content (AvgIpc) is 3.42. The van der Waals surface area contributed by atoms with Crippen molar-refractivity contribution in [2.75, 3.05) is 6.61 Å².